The van der Waals surface area contributed by atoms with Crippen molar-refractivity contribution in [2.24, 2.45) is 5.14 Å². The summed E-state index contributed by atoms with van der Waals surface area (Å²) < 4.78 is 52.9. The van der Waals surface area contributed by atoms with Gasteiger partial charge in [0.2, 0.25) is 15.9 Å². The van der Waals surface area contributed by atoms with Gasteiger partial charge in [-0.1, -0.05) is 51.1 Å². The molecule has 0 aromatic heterocycles. The average molecular weight is 688 g/mol. The summed E-state index contributed by atoms with van der Waals surface area (Å²) in [5.74, 6) is -3.43. The Bertz CT molecular complexity index is 1650. The molecule has 0 aliphatic heterocycles. The van der Waals surface area contributed by atoms with Crippen LogP contribution in [-0.4, -0.2) is 79.5 Å². The van der Waals surface area contributed by atoms with E-state index < -0.39 is 50.5 Å². The fourth-order valence-corrected chi connectivity index (χ4v) is 5.76. The van der Waals surface area contributed by atoms with Crippen molar-refractivity contribution in [3.63, 3.8) is 0 Å². The van der Waals surface area contributed by atoms with Gasteiger partial charge in [-0.3, -0.25) is 19.8 Å². The number of hydrazine groups is 1. The molecule has 0 bridgehead atoms. The molecule has 0 saturated carbocycles. The van der Waals surface area contributed by atoms with E-state index in [9.17, 15) is 36.7 Å². The van der Waals surface area contributed by atoms with Crippen LogP contribution >= 0.6 is 0 Å². The molecule has 14 heteroatoms. The largest absolute Gasteiger partial charge is 0.390 e. The summed E-state index contributed by atoms with van der Waals surface area (Å²) in [4.78, 5) is 40.9. The van der Waals surface area contributed by atoms with E-state index in [0.717, 1.165) is 29.8 Å². The molecule has 3 aromatic carbocycles. The lowest BCUT2D eigenvalue weighted by Gasteiger charge is -2.30. The molecular formula is C34H43F2N5O6S. The molecular weight excluding hydrogens is 644 g/mol. The second-order valence-electron chi connectivity index (χ2n) is 11.4. The lowest BCUT2D eigenvalue weighted by Crippen LogP contribution is -2.53. The lowest BCUT2D eigenvalue weighted by molar-refractivity contribution is -0.125. The molecule has 11 nitrogen and oxygen atoms in total. The van der Waals surface area contributed by atoms with Crippen molar-refractivity contribution in [2.45, 2.75) is 63.5 Å². The molecule has 3 aromatic rings. The quantitative estimate of drug-likeness (QED) is 0.159. The molecule has 2 unspecified atom stereocenters. The number of sulfonamides is 1. The third-order valence-corrected chi connectivity index (χ3v) is 8.35. The first kappa shape index (κ1) is 38.2. The molecule has 0 aliphatic rings. The first-order chi connectivity index (χ1) is 22.7. The summed E-state index contributed by atoms with van der Waals surface area (Å²) in [5.41, 5.74) is 3.31. The smallest absolute Gasteiger partial charge is 0.253 e. The Labute approximate surface area is 280 Å². The zero-order chi connectivity index (χ0) is 35.4. The van der Waals surface area contributed by atoms with Crippen molar-refractivity contribution < 1.29 is 36.7 Å². The number of primary sulfonamides is 1. The Kier molecular flexibility index (Phi) is 14.2. The number of halogens is 2. The van der Waals surface area contributed by atoms with E-state index >= 15 is 0 Å². The topological polar surface area (TPSA) is 162 Å². The van der Waals surface area contributed by atoms with Crippen LogP contribution in [0.5, 0.6) is 0 Å². The highest BCUT2D eigenvalue weighted by atomic mass is 32.2. The van der Waals surface area contributed by atoms with Crippen LogP contribution in [0.2, 0.25) is 0 Å². The molecule has 0 fully saturated rings. The van der Waals surface area contributed by atoms with E-state index in [1.54, 1.807) is 36.1 Å². The Hall–Kier alpha value is -4.24. The summed E-state index contributed by atoms with van der Waals surface area (Å²) in [6.45, 7) is 6.40. The van der Waals surface area contributed by atoms with Gasteiger partial charge in [0.25, 0.3) is 11.8 Å². The Morgan fingerprint density at radius 2 is 1.48 bits per heavy atom. The fourth-order valence-electron chi connectivity index (χ4n) is 5.18. The standard InChI is InChI=1S/C34H43F2N5O6S/c1-4-12-40(13-5-2)34(45)26-18-25(19-29(20-26)48(37,46)47)33(44)38-30(16-24-14-27(35)21-28(36)15-24)31(42)22-41(6-3)39-32(43)17-23-10-8-7-9-11-23/h7-11,14-15,18-21,30-31,42H,4-6,12-13,16-17,22H2,1-3H3,(H,38,44)(H,39,43)(H2,37,46,47). The fraction of sp³-hybridized carbons (Fsp3) is 0.382. The van der Waals surface area contributed by atoms with Crippen molar-refractivity contribution >= 4 is 27.7 Å². The van der Waals surface area contributed by atoms with Crippen LogP contribution in [0.25, 0.3) is 0 Å². The SMILES string of the molecule is CCCN(CCC)C(=O)c1cc(C(=O)NC(Cc2cc(F)cc(F)c2)C(O)CN(CC)NC(=O)Cc2ccccc2)cc(S(N)(=O)=O)c1. The normalized spacial score (nSPS) is 12.8. The van der Waals surface area contributed by atoms with Gasteiger partial charge in [0.1, 0.15) is 11.6 Å². The highest BCUT2D eigenvalue weighted by molar-refractivity contribution is 7.89. The van der Waals surface area contributed by atoms with Crippen LogP contribution in [0.15, 0.2) is 71.6 Å². The molecule has 3 amide bonds. The van der Waals surface area contributed by atoms with Crippen LogP contribution in [-0.2, 0) is 27.7 Å². The summed E-state index contributed by atoms with van der Waals surface area (Å²) in [6, 6.07) is 14.0. The van der Waals surface area contributed by atoms with Crippen molar-refractivity contribution in [1.29, 1.82) is 0 Å². The number of likely N-dealkylation sites (N-methyl/N-ethyl adjacent to an activating group) is 1. The van der Waals surface area contributed by atoms with Crippen molar-refractivity contribution in [3.05, 3.63) is 101 Å². The average Bonchev–Trinajstić information content (AvgIpc) is 3.03. The predicted octanol–water partition coefficient (Wildman–Crippen LogP) is 3.17. The van der Waals surface area contributed by atoms with Gasteiger partial charge >= 0.3 is 0 Å². The maximum atomic E-state index is 14.1. The molecule has 0 heterocycles. The number of hydrogen-bond acceptors (Lipinski definition) is 7. The Balaban J connectivity index is 1.92. The van der Waals surface area contributed by atoms with Crippen LogP contribution in [0.4, 0.5) is 8.78 Å². The number of hydrogen-bond donors (Lipinski definition) is 4. The number of aliphatic hydroxyl groups excluding tert-OH is 1. The summed E-state index contributed by atoms with van der Waals surface area (Å²) in [6.07, 6.45) is -0.264. The number of aliphatic hydroxyl groups is 1. The lowest BCUT2D eigenvalue weighted by atomic mass is 9.99. The third-order valence-electron chi connectivity index (χ3n) is 7.46. The van der Waals surface area contributed by atoms with Crippen molar-refractivity contribution in [2.75, 3.05) is 26.2 Å². The van der Waals surface area contributed by atoms with Crippen LogP contribution < -0.4 is 15.9 Å². The van der Waals surface area contributed by atoms with Crippen LogP contribution in [0.1, 0.15) is 65.5 Å². The van der Waals surface area contributed by atoms with Gasteiger partial charge in [-0.15, -0.1) is 0 Å². The zero-order valence-corrected chi connectivity index (χ0v) is 28.1. The first-order valence-corrected chi connectivity index (χ1v) is 17.3. The highest BCUT2D eigenvalue weighted by Gasteiger charge is 2.27. The minimum Gasteiger partial charge on any atom is -0.390 e. The molecule has 48 heavy (non-hydrogen) atoms. The van der Waals surface area contributed by atoms with E-state index in [0.29, 0.717) is 32.0 Å². The molecule has 0 aliphatic carbocycles. The Morgan fingerprint density at radius 3 is 2.04 bits per heavy atom. The molecule has 2 atom stereocenters. The second-order valence-corrected chi connectivity index (χ2v) is 13.0. The monoisotopic (exact) mass is 687 g/mol. The number of amides is 3. The summed E-state index contributed by atoms with van der Waals surface area (Å²) in [7, 11) is -4.35. The predicted molar refractivity (Wildman–Crippen MR) is 177 cm³/mol. The van der Waals surface area contributed by atoms with Crippen molar-refractivity contribution in [1.82, 2.24) is 20.7 Å². The molecule has 5 N–H and O–H groups in total. The van der Waals surface area contributed by atoms with E-state index in [2.05, 4.69) is 10.7 Å². The van der Waals surface area contributed by atoms with Gasteiger partial charge in [-0.25, -0.2) is 27.3 Å². The van der Waals surface area contributed by atoms with Gasteiger partial charge < -0.3 is 15.3 Å². The number of carbonyl (C=O) groups excluding carboxylic acids is 3. The maximum Gasteiger partial charge on any atom is 0.253 e. The summed E-state index contributed by atoms with van der Waals surface area (Å²) in [5, 5.41) is 20.8. The molecule has 0 spiro atoms. The molecule has 260 valence electrons. The Morgan fingerprint density at radius 1 is 0.875 bits per heavy atom. The summed E-state index contributed by atoms with van der Waals surface area (Å²) >= 11 is 0. The number of nitrogens with two attached hydrogens (primary N) is 1. The van der Waals surface area contributed by atoms with E-state index in [4.69, 9.17) is 5.14 Å². The molecule has 3 rings (SSSR count). The minimum absolute atomic E-state index is 0.0730. The highest BCUT2D eigenvalue weighted by Crippen LogP contribution is 2.19. The zero-order valence-electron chi connectivity index (χ0n) is 27.3. The van der Waals surface area contributed by atoms with Gasteiger partial charge in [0.05, 0.1) is 23.5 Å². The van der Waals surface area contributed by atoms with Gasteiger partial charge in [0, 0.05) is 43.4 Å². The van der Waals surface area contributed by atoms with Crippen molar-refractivity contribution in [3.8, 4) is 0 Å². The number of benzene rings is 3. The maximum absolute atomic E-state index is 14.1. The van der Waals surface area contributed by atoms with E-state index in [1.807, 2.05) is 19.9 Å². The van der Waals surface area contributed by atoms with Gasteiger partial charge in [-0.05, 0) is 60.7 Å². The minimum atomic E-state index is -4.35. The van der Waals surface area contributed by atoms with E-state index in [1.165, 1.54) is 11.1 Å². The third kappa shape index (κ3) is 11.5. The van der Waals surface area contributed by atoms with Gasteiger partial charge in [-0.2, -0.15) is 0 Å². The van der Waals surface area contributed by atoms with Crippen LogP contribution in [0.3, 0.4) is 0 Å². The number of carbonyl (C=O) groups is 3. The number of nitrogens with zero attached hydrogens (tertiary/aromatic N) is 2. The first-order valence-electron chi connectivity index (χ1n) is 15.7. The van der Waals surface area contributed by atoms with Crippen LogP contribution in [0, 0.1) is 11.6 Å². The number of nitrogens with one attached hydrogen (secondary N) is 2. The van der Waals surface area contributed by atoms with E-state index in [-0.39, 0.29) is 48.5 Å². The second kappa shape index (κ2) is 17.8. The molecule has 0 radical (unpaired) electrons. The van der Waals surface area contributed by atoms with Gasteiger partial charge in [0.15, 0.2) is 0 Å². The number of rotatable bonds is 17. The molecule has 0 saturated heterocycles.